The Morgan fingerprint density at radius 1 is 0.362 bits per heavy atom. The number of hydrogen-bond donors (Lipinski definition) is 0. The molecule has 0 aliphatic heterocycles. The molecule has 0 saturated carbocycles. The largest absolute Gasteiger partial charge is 0.454 e. The zero-order chi connectivity index (χ0) is 38.6. The molecular formula is C56H39NO. The van der Waals surface area contributed by atoms with Gasteiger partial charge in [-0.15, -0.1) is 0 Å². The molecular weight excluding hydrogens is 703 g/mol. The van der Waals surface area contributed by atoms with Crippen molar-refractivity contribution in [2.45, 2.75) is 12.3 Å². The second kappa shape index (κ2) is 13.7. The lowest BCUT2D eigenvalue weighted by Crippen LogP contribution is -2.23. The van der Waals surface area contributed by atoms with Gasteiger partial charge in [0.05, 0.1) is 5.69 Å². The van der Waals surface area contributed by atoms with E-state index in [1.807, 2.05) is 0 Å². The molecule has 0 saturated heterocycles. The minimum Gasteiger partial charge on any atom is -0.454 e. The minimum atomic E-state index is -0.392. The Balaban J connectivity index is 1.09. The van der Waals surface area contributed by atoms with Gasteiger partial charge in [0.2, 0.25) is 0 Å². The molecule has 1 aliphatic rings. The Kier molecular flexibility index (Phi) is 7.97. The van der Waals surface area contributed by atoms with Crippen molar-refractivity contribution in [1.82, 2.24) is 0 Å². The van der Waals surface area contributed by atoms with Crippen molar-refractivity contribution in [2.24, 2.45) is 0 Å². The highest BCUT2D eigenvalue weighted by Gasteiger charge is 2.42. The highest BCUT2D eigenvalue weighted by Crippen LogP contribution is 2.56. The third-order valence-electron chi connectivity index (χ3n) is 12.2. The van der Waals surface area contributed by atoms with Crippen LogP contribution >= 0.6 is 0 Å². The first-order valence-corrected chi connectivity index (χ1v) is 20.0. The Morgan fingerprint density at radius 3 is 1.29 bits per heavy atom. The third-order valence-corrected chi connectivity index (χ3v) is 12.2. The molecule has 274 valence electrons. The minimum absolute atomic E-state index is 0.392. The van der Waals surface area contributed by atoms with Crippen LogP contribution in [0.5, 0.6) is 0 Å². The van der Waals surface area contributed by atoms with Crippen LogP contribution in [-0.2, 0) is 5.41 Å². The highest BCUT2D eigenvalue weighted by atomic mass is 16.3. The number of fused-ring (bicyclic) bond motifs is 6. The molecule has 0 atom stereocenters. The number of hydrogen-bond acceptors (Lipinski definition) is 2. The monoisotopic (exact) mass is 741 g/mol. The van der Waals surface area contributed by atoms with Gasteiger partial charge in [-0.05, 0) is 105 Å². The van der Waals surface area contributed by atoms with Crippen LogP contribution in [0.4, 0.5) is 17.1 Å². The first-order chi connectivity index (χ1) is 28.6. The number of furan rings is 1. The molecule has 0 bridgehead atoms. The molecule has 0 radical (unpaired) electrons. The molecule has 0 amide bonds. The third kappa shape index (κ3) is 5.41. The molecule has 10 aromatic rings. The molecule has 1 aromatic heterocycles. The van der Waals surface area contributed by atoms with Gasteiger partial charge in [-0.2, -0.15) is 0 Å². The van der Waals surface area contributed by atoms with E-state index in [2.05, 4.69) is 230 Å². The van der Waals surface area contributed by atoms with Crippen molar-refractivity contribution >= 4 is 39.0 Å². The molecule has 2 heteroatoms. The summed E-state index contributed by atoms with van der Waals surface area (Å²) in [4.78, 5) is 2.35. The van der Waals surface area contributed by atoms with Crippen LogP contribution < -0.4 is 4.90 Å². The van der Waals surface area contributed by atoms with Crippen molar-refractivity contribution in [2.75, 3.05) is 4.90 Å². The van der Waals surface area contributed by atoms with E-state index in [-0.39, 0.29) is 0 Å². The summed E-state index contributed by atoms with van der Waals surface area (Å²) in [6, 6.07) is 78.7. The Morgan fingerprint density at radius 2 is 0.776 bits per heavy atom. The predicted molar refractivity (Wildman–Crippen MR) is 242 cm³/mol. The predicted octanol–water partition coefficient (Wildman–Crippen LogP) is 15.4. The maximum Gasteiger partial charge on any atom is 0.159 e. The van der Waals surface area contributed by atoms with E-state index in [4.69, 9.17) is 4.42 Å². The van der Waals surface area contributed by atoms with Gasteiger partial charge >= 0.3 is 0 Å². The second-order valence-corrected chi connectivity index (χ2v) is 15.4. The number of rotatable bonds is 7. The molecule has 9 aromatic carbocycles. The summed E-state index contributed by atoms with van der Waals surface area (Å²) >= 11 is 0. The summed E-state index contributed by atoms with van der Waals surface area (Å²) in [5.41, 5.74) is 18.0. The molecule has 2 nitrogen and oxygen atoms in total. The van der Waals surface area contributed by atoms with Crippen molar-refractivity contribution < 1.29 is 4.42 Å². The zero-order valence-corrected chi connectivity index (χ0v) is 32.1. The first-order valence-electron chi connectivity index (χ1n) is 20.0. The van der Waals surface area contributed by atoms with Crippen molar-refractivity contribution in [3.8, 4) is 44.5 Å². The number of anilines is 3. The van der Waals surface area contributed by atoms with Gasteiger partial charge in [0.15, 0.2) is 5.58 Å². The summed E-state index contributed by atoms with van der Waals surface area (Å²) in [6.07, 6.45) is 0. The van der Waals surface area contributed by atoms with Gasteiger partial charge in [-0.3, -0.25) is 0 Å². The van der Waals surface area contributed by atoms with E-state index in [1.54, 1.807) is 0 Å². The lowest BCUT2D eigenvalue weighted by Gasteiger charge is -2.31. The first kappa shape index (κ1) is 33.9. The normalized spacial score (nSPS) is 12.7. The van der Waals surface area contributed by atoms with Gasteiger partial charge in [0.25, 0.3) is 0 Å². The van der Waals surface area contributed by atoms with Crippen LogP contribution in [0.2, 0.25) is 0 Å². The summed E-state index contributed by atoms with van der Waals surface area (Å²) < 4.78 is 7.02. The summed E-state index contributed by atoms with van der Waals surface area (Å²) in [5.74, 6) is 0. The second-order valence-electron chi connectivity index (χ2n) is 15.4. The maximum absolute atomic E-state index is 7.02. The number of benzene rings is 9. The SMILES string of the molecule is CC1(c2ccc(N(c3ccc(-c4ccccc4)cc3)c3ccc(-c4ccc(-c5ccccc5)cc4)cc3)c3oc4ccccc4c23)c2ccccc2-c2ccccc21. The van der Waals surface area contributed by atoms with Crippen LogP contribution in [-0.4, -0.2) is 0 Å². The summed E-state index contributed by atoms with van der Waals surface area (Å²) in [6.45, 7) is 2.39. The molecule has 1 aliphatic carbocycles. The Bertz CT molecular complexity index is 3040. The molecule has 0 fully saturated rings. The highest BCUT2D eigenvalue weighted by molar-refractivity contribution is 6.13. The van der Waals surface area contributed by atoms with Crippen molar-refractivity contribution in [1.29, 1.82) is 0 Å². The number of para-hydroxylation sites is 1. The molecule has 0 N–H and O–H groups in total. The average molecular weight is 742 g/mol. The van der Waals surface area contributed by atoms with E-state index in [1.165, 1.54) is 61.2 Å². The van der Waals surface area contributed by atoms with Crippen molar-refractivity contribution in [3.63, 3.8) is 0 Å². The van der Waals surface area contributed by atoms with Crippen LogP contribution in [0.1, 0.15) is 23.6 Å². The molecule has 1 heterocycles. The molecule has 0 unspecified atom stereocenters. The maximum atomic E-state index is 7.02. The van der Waals surface area contributed by atoms with E-state index in [0.29, 0.717) is 0 Å². The van der Waals surface area contributed by atoms with Crippen LogP contribution in [0, 0.1) is 0 Å². The Labute approximate surface area is 338 Å². The van der Waals surface area contributed by atoms with Gasteiger partial charge in [0.1, 0.15) is 5.58 Å². The van der Waals surface area contributed by atoms with E-state index < -0.39 is 5.41 Å². The van der Waals surface area contributed by atoms with Crippen LogP contribution in [0.3, 0.4) is 0 Å². The smallest absolute Gasteiger partial charge is 0.159 e. The lowest BCUT2D eigenvalue weighted by molar-refractivity contribution is 0.666. The quantitative estimate of drug-likeness (QED) is 0.162. The molecule has 0 spiro atoms. The van der Waals surface area contributed by atoms with Gasteiger partial charge < -0.3 is 9.32 Å². The van der Waals surface area contributed by atoms with Crippen LogP contribution in [0.25, 0.3) is 66.4 Å². The fraction of sp³-hybridized carbons (Fsp3) is 0.0357. The van der Waals surface area contributed by atoms with Gasteiger partial charge in [0, 0.05) is 27.6 Å². The molecule has 58 heavy (non-hydrogen) atoms. The van der Waals surface area contributed by atoms with E-state index in [9.17, 15) is 0 Å². The fourth-order valence-electron chi connectivity index (χ4n) is 9.30. The topological polar surface area (TPSA) is 16.4 Å². The van der Waals surface area contributed by atoms with Gasteiger partial charge in [-0.25, -0.2) is 0 Å². The van der Waals surface area contributed by atoms with E-state index in [0.717, 1.165) is 39.0 Å². The number of nitrogens with zero attached hydrogens (tertiary/aromatic N) is 1. The van der Waals surface area contributed by atoms with Crippen LogP contribution in [0.15, 0.2) is 223 Å². The molecule has 11 rings (SSSR count). The Hall–Kier alpha value is -7.42. The van der Waals surface area contributed by atoms with Crippen molar-refractivity contribution in [3.05, 3.63) is 235 Å². The lowest BCUT2D eigenvalue weighted by atomic mass is 9.72. The zero-order valence-electron chi connectivity index (χ0n) is 32.1. The summed E-state index contributed by atoms with van der Waals surface area (Å²) in [5, 5.41) is 2.26. The fourth-order valence-corrected chi connectivity index (χ4v) is 9.30. The average Bonchev–Trinajstić information content (AvgIpc) is 3.82. The summed E-state index contributed by atoms with van der Waals surface area (Å²) in [7, 11) is 0. The standard InChI is InChI=1S/C56H39NO/c1-56(49-21-11-8-18-46(49)47-19-9-12-22-50(47)56)51-36-37-52(55-54(51)48-20-10-13-23-53(48)58-55)57(44-32-28-42(29-33-44)39-16-6-3-7-17-39)45-34-30-43(31-35-45)41-26-24-40(25-27-41)38-14-4-2-5-15-38/h2-37H,1H3. The van der Waals surface area contributed by atoms with E-state index >= 15 is 0 Å². The van der Waals surface area contributed by atoms with Gasteiger partial charge in [-0.1, -0.05) is 182 Å².